The predicted octanol–water partition coefficient (Wildman–Crippen LogP) is 4.55. The Morgan fingerprint density at radius 3 is 1.88 bits per heavy atom. The molecule has 4 unspecified atom stereocenters. The summed E-state index contributed by atoms with van der Waals surface area (Å²) in [7, 11) is 1.68. The quantitative estimate of drug-likeness (QED) is 0.646. The number of aliphatic hydroxyl groups is 1. The van der Waals surface area contributed by atoms with Gasteiger partial charge in [0.1, 0.15) is 5.78 Å². The van der Waals surface area contributed by atoms with Crippen LogP contribution in [0.3, 0.4) is 0 Å². The first-order valence-electron chi connectivity index (χ1n) is 9.07. The van der Waals surface area contributed by atoms with Crippen molar-refractivity contribution in [2.24, 2.45) is 11.8 Å². The molecule has 0 aromatic rings. The van der Waals surface area contributed by atoms with Gasteiger partial charge in [0.05, 0.1) is 12.2 Å². The minimum Gasteiger partial charge on any atom is -0.393 e. The van der Waals surface area contributed by atoms with Crippen LogP contribution < -0.4 is 5.32 Å². The third-order valence-electron chi connectivity index (χ3n) is 4.25. The Morgan fingerprint density at radius 1 is 1.19 bits per heavy atom. The van der Waals surface area contributed by atoms with Gasteiger partial charge in [-0.05, 0) is 39.2 Å². The van der Waals surface area contributed by atoms with Crippen molar-refractivity contribution in [1.82, 2.24) is 5.32 Å². The van der Waals surface area contributed by atoms with E-state index in [0.717, 1.165) is 13.0 Å². The fourth-order valence-corrected chi connectivity index (χ4v) is 2.10. The summed E-state index contributed by atoms with van der Waals surface area (Å²) in [5.74, 6) is 0.617. The van der Waals surface area contributed by atoms with Gasteiger partial charge in [-0.3, -0.25) is 4.79 Å². The van der Waals surface area contributed by atoms with Gasteiger partial charge in [-0.25, -0.2) is 0 Å². The van der Waals surface area contributed by atoms with Crippen LogP contribution in [0.5, 0.6) is 0 Å². The van der Waals surface area contributed by atoms with E-state index in [1.807, 2.05) is 32.9 Å². The molecule has 154 valence electrons. The monoisotopic (exact) mass is 369 g/mol. The number of hydrogen-bond donors (Lipinski definition) is 2. The largest absolute Gasteiger partial charge is 0.393 e. The summed E-state index contributed by atoms with van der Waals surface area (Å²) in [6.07, 6.45) is 9.28. The highest BCUT2D eigenvalue weighted by atomic mass is 16.5. The Labute approximate surface area is 162 Å². The lowest BCUT2D eigenvalue weighted by Gasteiger charge is -2.26. The molecule has 26 heavy (non-hydrogen) atoms. The zero-order chi connectivity index (χ0) is 19.8. The van der Waals surface area contributed by atoms with Crippen LogP contribution >= 0.6 is 0 Å². The normalized spacial score (nSPS) is 19.2. The molecule has 4 heteroatoms. The Balaban J connectivity index is -0.000000345. The third kappa shape index (κ3) is 15.1. The number of Topliss-reactive ketones (excluding diaryl/α,β-unsaturated/α-hetero) is 1. The molecular formula is C22H43NO3. The zero-order valence-electron chi connectivity index (χ0n) is 17.0. The molecule has 2 N–H and O–H groups in total. The number of carbonyl (C=O) groups is 1. The van der Waals surface area contributed by atoms with Crippen LogP contribution in [0.25, 0.3) is 0 Å². The van der Waals surface area contributed by atoms with Crippen molar-refractivity contribution < 1.29 is 14.6 Å². The van der Waals surface area contributed by atoms with E-state index in [1.165, 1.54) is 6.42 Å². The second-order valence-corrected chi connectivity index (χ2v) is 6.64. The van der Waals surface area contributed by atoms with Crippen molar-refractivity contribution in [3.63, 3.8) is 0 Å². The van der Waals surface area contributed by atoms with E-state index in [2.05, 4.69) is 18.5 Å². The lowest BCUT2D eigenvalue weighted by molar-refractivity contribution is -0.125. The maximum atomic E-state index is 11.2. The van der Waals surface area contributed by atoms with Crippen molar-refractivity contribution >= 4 is 5.78 Å². The van der Waals surface area contributed by atoms with Crippen molar-refractivity contribution in [2.75, 3.05) is 13.7 Å². The Kier molecular flexibility index (Phi) is 21.1. The summed E-state index contributed by atoms with van der Waals surface area (Å²) >= 11 is 0. The highest BCUT2D eigenvalue weighted by Crippen LogP contribution is 2.19. The van der Waals surface area contributed by atoms with Crippen LogP contribution in [-0.2, 0) is 9.53 Å². The maximum absolute atomic E-state index is 11.2. The molecule has 1 aliphatic heterocycles. The number of nitrogens with one attached hydrogen (secondary N) is 1. The SMILES string of the molecule is C.C=C/C=C\C=C.CC(C)C(C)O.COC(C1CCCN1)C(C)C(C)=O. The van der Waals surface area contributed by atoms with Gasteiger partial charge in [0.15, 0.2) is 0 Å². The van der Waals surface area contributed by atoms with Gasteiger partial charge in [0, 0.05) is 19.1 Å². The van der Waals surface area contributed by atoms with E-state index >= 15 is 0 Å². The van der Waals surface area contributed by atoms with E-state index < -0.39 is 0 Å². The molecule has 4 nitrogen and oxygen atoms in total. The molecule has 1 rings (SSSR count). The molecule has 0 saturated carbocycles. The molecule has 0 amide bonds. The molecule has 0 bridgehead atoms. The van der Waals surface area contributed by atoms with Crippen LogP contribution in [0.2, 0.25) is 0 Å². The first-order chi connectivity index (χ1) is 11.7. The van der Waals surface area contributed by atoms with E-state index in [4.69, 9.17) is 9.84 Å². The Morgan fingerprint density at radius 2 is 1.65 bits per heavy atom. The number of carbonyl (C=O) groups excluding carboxylic acids is 1. The number of aliphatic hydroxyl groups excluding tert-OH is 1. The van der Waals surface area contributed by atoms with Gasteiger partial charge in [-0.15, -0.1) is 0 Å². The molecule has 0 aromatic carbocycles. The van der Waals surface area contributed by atoms with Crippen LogP contribution in [0.1, 0.15) is 54.9 Å². The standard InChI is InChI=1S/C10H19NO2.C6H8.C5H12O.CH4/c1-7(8(2)12)10(13-3)9-5-4-6-11-9;1-3-5-6-4-2;1-4(2)5(3)6;/h7,9-11H,4-6H2,1-3H3;3-6H,1-2H2;4-6H,1-3H3;1H4/b;6-5-;;. The number of ketones is 1. The van der Waals surface area contributed by atoms with Gasteiger partial charge in [-0.1, -0.05) is 65.7 Å². The molecule has 0 aromatic heterocycles. The second-order valence-electron chi connectivity index (χ2n) is 6.64. The molecular weight excluding hydrogens is 326 g/mol. The minimum atomic E-state index is -0.148. The molecule has 1 saturated heterocycles. The van der Waals surface area contributed by atoms with E-state index in [9.17, 15) is 4.79 Å². The topological polar surface area (TPSA) is 58.6 Å². The van der Waals surface area contributed by atoms with E-state index in [-0.39, 0.29) is 31.3 Å². The third-order valence-corrected chi connectivity index (χ3v) is 4.25. The number of rotatable bonds is 7. The number of methoxy groups -OCH3 is 1. The fraction of sp³-hybridized carbons (Fsp3) is 0.682. The molecule has 1 aliphatic rings. The summed E-state index contributed by atoms with van der Waals surface area (Å²) in [4.78, 5) is 11.2. The van der Waals surface area contributed by atoms with Gasteiger partial charge >= 0.3 is 0 Å². The van der Waals surface area contributed by atoms with Gasteiger partial charge < -0.3 is 15.2 Å². The summed E-state index contributed by atoms with van der Waals surface area (Å²) in [6.45, 7) is 17.3. The Hall–Kier alpha value is -1.23. The van der Waals surface area contributed by atoms with Gasteiger partial charge in [-0.2, -0.15) is 0 Å². The molecule has 1 heterocycles. The van der Waals surface area contributed by atoms with Crippen LogP contribution in [-0.4, -0.2) is 42.8 Å². The van der Waals surface area contributed by atoms with Crippen molar-refractivity contribution in [3.05, 3.63) is 37.5 Å². The summed E-state index contributed by atoms with van der Waals surface area (Å²) < 4.78 is 5.37. The second kappa shape index (κ2) is 18.6. The van der Waals surface area contributed by atoms with Gasteiger partial charge in [0.25, 0.3) is 0 Å². The van der Waals surface area contributed by atoms with Crippen molar-refractivity contribution in [3.8, 4) is 0 Å². The highest BCUT2D eigenvalue weighted by Gasteiger charge is 2.30. The molecule has 0 radical (unpaired) electrons. The number of ether oxygens (including phenoxy) is 1. The lowest BCUT2D eigenvalue weighted by atomic mass is 9.93. The average molecular weight is 370 g/mol. The average Bonchev–Trinajstić information content (AvgIpc) is 3.08. The highest BCUT2D eigenvalue weighted by molar-refractivity contribution is 5.78. The van der Waals surface area contributed by atoms with Crippen LogP contribution in [0.4, 0.5) is 0 Å². The first-order valence-corrected chi connectivity index (χ1v) is 9.07. The molecule has 0 spiro atoms. The number of hydrogen-bond acceptors (Lipinski definition) is 4. The molecule has 1 fully saturated rings. The summed E-state index contributed by atoms with van der Waals surface area (Å²) in [5.41, 5.74) is 0. The predicted molar refractivity (Wildman–Crippen MR) is 114 cm³/mol. The van der Waals surface area contributed by atoms with Gasteiger partial charge in [0.2, 0.25) is 0 Å². The molecule has 0 aliphatic carbocycles. The lowest BCUT2D eigenvalue weighted by Crippen LogP contribution is -2.42. The summed E-state index contributed by atoms with van der Waals surface area (Å²) in [5, 5.41) is 12.0. The van der Waals surface area contributed by atoms with Crippen LogP contribution in [0.15, 0.2) is 37.5 Å². The maximum Gasteiger partial charge on any atom is 0.135 e. The smallest absolute Gasteiger partial charge is 0.135 e. The van der Waals surface area contributed by atoms with E-state index in [0.29, 0.717) is 12.0 Å². The Bertz CT molecular complexity index is 367. The van der Waals surface area contributed by atoms with E-state index in [1.54, 1.807) is 33.1 Å². The minimum absolute atomic E-state index is 0. The van der Waals surface area contributed by atoms with Crippen molar-refractivity contribution in [2.45, 2.75) is 73.1 Å². The number of allylic oxidation sites excluding steroid dienone is 4. The molecule has 4 atom stereocenters. The fourth-order valence-electron chi connectivity index (χ4n) is 2.10. The summed E-state index contributed by atoms with van der Waals surface area (Å²) in [6, 6.07) is 0.365. The zero-order valence-corrected chi connectivity index (χ0v) is 17.0. The van der Waals surface area contributed by atoms with Crippen LogP contribution in [0, 0.1) is 11.8 Å². The first kappa shape index (κ1) is 29.5. The van der Waals surface area contributed by atoms with Crippen molar-refractivity contribution in [1.29, 1.82) is 0 Å².